The molecule has 3 heterocycles. The highest BCUT2D eigenvalue weighted by Crippen LogP contribution is 2.41. The van der Waals surface area contributed by atoms with Crippen LogP contribution in [-0.4, -0.2) is 21.5 Å². The highest BCUT2D eigenvalue weighted by atomic mass is 19.4. The van der Waals surface area contributed by atoms with Gasteiger partial charge in [0, 0.05) is 30.4 Å². The van der Waals surface area contributed by atoms with E-state index in [1.165, 1.54) is 24.4 Å². The fourth-order valence-corrected chi connectivity index (χ4v) is 4.83. The van der Waals surface area contributed by atoms with Gasteiger partial charge in [0.2, 0.25) is 5.95 Å². The van der Waals surface area contributed by atoms with Crippen molar-refractivity contribution in [3.8, 4) is 0 Å². The van der Waals surface area contributed by atoms with Crippen molar-refractivity contribution in [2.24, 2.45) is 0 Å². The topological polar surface area (TPSA) is 80.0 Å². The Morgan fingerprint density at radius 1 is 0.900 bits per heavy atom. The number of nitrogens with zero attached hydrogens (tertiary/aromatic N) is 4. The van der Waals surface area contributed by atoms with E-state index < -0.39 is 29.5 Å². The van der Waals surface area contributed by atoms with Gasteiger partial charge >= 0.3 is 12.4 Å². The van der Waals surface area contributed by atoms with E-state index in [4.69, 9.17) is 5.73 Å². The number of fused-ring (bicyclic) bond motifs is 1. The zero-order valence-corrected chi connectivity index (χ0v) is 21.2. The quantitative estimate of drug-likeness (QED) is 0.266. The van der Waals surface area contributed by atoms with Crippen LogP contribution in [0.3, 0.4) is 0 Å². The molecule has 208 valence electrons. The van der Waals surface area contributed by atoms with Crippen LogP contribution in [0.5, 0.6) is 0 Å². The lowest BCUT2D eigenvalue weighted by molar-refractivity contribution is -0.138. The minimum absolute atomic E-state index is 0.0712. The lowest BCUT2D eigenvalue weighted by Crippen LogP contribution is -2.33. The van der Waals surface area contributed by atoms with Crippen molar-refractivity contribution in [1.29, 1.82) is 0 Å². The molecule has 0 saturated heterocycles. The monoisotopic (exact) mass is 558 g/mol. The van der Waals surface area contributed by atoms with Crippen molar-refractivity contribution in [3.05, 3.63) is 100 Å². The van der Waals surface area contributed by atoms with Crippen molar-refractivity contribution in [2.45, 2.75) is 38.2 Å². The first-order valence-corrected chi connectivity index (χ1v) is 12.3. The largest absolute Gasteiger partial charge is 0.419 e. The molecule has 0 radical (unpaired) electrons. The van der Waals surface area contributed by atoms with E-state index in [0.717, 1.165) is 29.3 Å². The number of hydrogen-bond donors (Lipinski definition) is 2. The number of anilines is 4. The molecule has 1 unspecified atom stereocenters. The second kappa shape index (κ2) is 10.3. The van der Waals surface area contributed by atoms with Gasteiger partial charge in [-0.25, -0.2) is 9.97 Å². The van der Waals surface area contributed by atoms with E-state index in [9.17, 15) is 26.3 Å². The van der Waals surface area contributed by atoms with Gasteiger partial charge in [0.25, 0.3) is 0 Å². The maximum absolute atomic E-state index is 14.0. The molecule has 0 fully saturated rings. The second-order valence-electron chi connectivity index (χ2n) is 9.50. The highest BCUT2D eigenvalue weighted by Gasteiger charge is 2.38. The van der Waals surface area contributed by atoms with Crippen molar-refractivity contribution in [1.82, 2.24) is 15.0 Å². The SMILES string of the molecule is Cc1ccc(C2Cc3nc(N)nc(Nc4ccc(C(F)(F)F)cc4)c3CCN2c2ncccc2C(F)(F)F)cc1. The zero-order valence-electron chi connectivity index (χ0n) is 21.2. The fraction of sp³-hybridized carbons (Fsp3) is 0.250. The van der Waals surface area contributed by atoms with Crippen LogP contribution < -0.4 is 16.0 Å². The molecular weight excluding hydrogens is 534 g/mol. The maximum Gasteiger partial charge on any atom is 0.419 e. The number of nitrogen functional groups attached to an aromatic ring is 1. The number of aryl methyl sites for hydroxylation is 1. The number of aromatic nitrogens is 3. The third-order valence-corrected chi connectivity index (χ3v) is 6.78. The Hall–Kier alpha value is -4.35. The molecule has 2 aromatic carbocycles. The molecule has 40 heavy (non-hydrogen) atoms. The average Bonchev–Trinajstić information content (AvgIpc) is 3.08. The fourth-order valence-electron chi connectivity index (χ4n) is 4.83. The molecule has 1 atom stereocenters. The normalized spacial score (nSPS) is 15.9. The van der Waals surface area contributed by atoms with Crippen molar-refractivity contribution in [3.63, 3.8) is 0 Å². The van der Waals surface area contributed by atoms with E-state index >= 15 is 0 Å². The lowest BCUT2D eigenvalue weighted by Gasteiger charge is -2.33. The molecule has 3 N–H and O–H groups in total. The van der Waals surface area contributed by atoms with Gasteiger partial charge in [-0.05, 0) is 55.3 Å². The van der Waals surface area contributed by atoms with Gasteiger partial charge in [-0.3, -0.25) is 0 Å². The first kappa shape index (κ1) is 27.2. The van der Waals surface area contributed by atoms with Crippen LogP contribution in [0.4, 0.5) is 49.6 Å². The molecule has 0 amide bonds. The summed E-state index contributed by atoms with van der Waals surface area (Å²) in [4.78, 5) is 14.5. The van der Waals surface area contributed by atoms with Crippen LogP contribution in [0.15, 0.2) is 66.9 Å². The molecule has 6 nitrogen and oxygen atoms in total. The van der Waals surface area contributed by atoms with E-state index in [1.807, 2.05) is 31.2 Å². The molecule has 5 rings (SSSR count). The van der Waals surface area contributed by atoms with E-state index in [-0.39, 0.29) is 37.0 Å². The summed E-state index contributed by atoms with van der Waals surface area (Å²) in [5.41, 5.74) is 7.60. The van der Waals surface area contributed by atoms with Crippen LogP contribution in [0.1, 0.15) is 39.6 Å². The summed E-state index contributed by atoms with van der Waals surface area (Å²) >= 11 is 0. The van der Waals surface area contributed by atoms with Crippen LogP contribution in [0.2, 0.25) is 0 Å². The summed E-state index contributed by atoms with van der Waals surface area (Å²) in [5, 5.41) is 3.02. The number of nitrogens with two attached hydrogens (primary N) is 1. The van der Waals surface area contributed by atoms with Gasteiger partial charge in [-0.15, -0.1) is 0 Å². The first-order valence-electron chi connectivity index (χ1n) is 12.3. The summed E-state index contributed by atoms with van der Waals surface area (Å²) in [6, 6.07) is 13.6. The molecule has 2 aromatic heterocycles. The Labute approximate surface area is 225 Å². The van der Waals surface area contributed by atoms with Gasteiger partial charge < -0.3 is 16.0 Å². The number of pyridine rings is 1. The number of nitrogens with one attached hydrogen (secondary N) is 1. The molecule has 0 spiro atoms. The molecule has 0 aliphatic carbocycles. The van der Waals surface area contributed by atoms with Gasteiger partial charge in [-0.2, -0.15) is 31.3 Å². The first-order chi connectivity index (χ1) is 18.9. The van der Waals surface area contributed by atoms with Gasteiger partial charge in [0.15, 0.2) is 0 Å². The Kier molecular flexibility index (Phi) is 7.03. The standard InChI is InChI=1S/C28H24F6N6/c1-16-4-6-17(7-5-16)23-15-22-20(12-14-40(23)25-21(28(32,33)34)3-2-13-36-25)24(39-26(35)38-22)37-19-10-8-18(9-11-19)27(29,30)31/h2-11,13,23H,12,14-15H2,1H3,(H3,35,37,38,39). The van der Waals surface area contributed by atoms with Crippen molar-refractivity contribution >= 4 is 23.3 Å². The molecule has 12 heteroatoms. The summed E-state index contributed by atoms with van der Waals surface area (Å²) in [5.74, 6) is 0.00785. The molecule has 1 aliphatic heterocycles. The third-order valence-electron chi connectivity index (χ3n) is 6.78. The summed E-state index contributed by atoms with van der Waals surface area (Å²) in [6.45, 7) is 2.05. The molecule has 4 aromatic rings. The Morgan fingerprint density at radius 2 is 1.60 bits per heavy atom. The average molecular weight is 559 g/mol. The third kappa shape index (κ3) is 5.65. The van der Waals surface area contributed by atoms with Gasteiger partial charge in [0.05, 0.1) is 22.9 Å². The Balaban J connectivity index is 1.57. The lowest BCUT2D eigenvalue weighted by atomic mass is 9.98. The zero-order chi connectivity index (χ0) is 28.7. The van der Waals surface area contributed by atoms with Gasteiger partial charge in [-0.1, -0.05) is 29.8 Å². The summed E-state index contributed by atoms with van der Waals surface area (Å²) in [6.07, 6.45) is -7.36. The highest BCUT2D eigenvalue weighted by molar-refractivity contribution is 5.63. The van der Waals surface area contributed by atoms with E-state index in [1.54, 1.807) is 4.90 Å². The molecule has 0 bridgehead atoms. The van der Waals surface area contributed by atoms with Crippen LogP contribution in [-0.2, 0) is 25.2 Å². The molecule has 0 saturated carbocycles. The predicted octanol–water partition coefficient (Wildman–Crippen LogP) is 6.89. The second-order valence-corrected chi connectivity index (χ2v) is 9.50. The smallest absolute Gasteiger partial charge is 0.368 e. The number of hydrogen-bond acceptors (Lipinski definition) is 6. The number of rotatable bonds is 4. The van der Waals surface area contributed by atoms with Crippen LogP contribution in [0, 0.1) is 6.92 Å². The van der Waals surface area contributed by atoms with Crippen LogP contribution in [0.25, 0.3) is 0 Å². The van der Waals surface area contributed by atoms with Gasteiger partial charge in [0.1, 0.15) is 11.6 Å². The number of alkyl halides is 6. The maximum atomic E-state index is 14.0. The number of halogens is 6. The minimum atomic E-state index is -4.62. The van der Waals surface area contributed by atoms with Crippen molar-refractivity contribution < 1.29 is 26.3 Å². The molecule has 1 aliphatic rings. The summed E-state index contributed by atoms with van der Waals surface area (Å²) < 4.78 is 81.1. The number of benzene rings is 2. The van der Waals surface area contributed by atoms with E-state index in [0.29, 0.717) is 16.9 Å². The Bertz CT molecular complexity index is 1500. The van der Waals surface area contributed by atoms with Crippen LogP contribution >= 0.6 is 0 Å². The van der Waals surface area contributed by atoms with Crippen molar-refractivity contribution in [2.75, 3.05) is 22.5 Å². The Morgan fingerprint density at radius 3 is 2.25 bits per heavy atom. The minimum Gasteiger partial charge on any atom is -0.368 e. The van der Waals surface area contributed by atoms with E-state index in [2.05, 4.69) is 20.3 Å². The predicted molar refractivity (Wildman–Crippen MR) is 139 cm³/mol. The molecular formula is C28H24F6N6. The summed E-state index contributed by atoms with van der Waals surface area (Å²) in [7, 11) is 0.